The molecule has 0 aliphatic rings. The van der Waals surface area contributed by atoms with Crippen molar-refractivity contribution >= 4 is 85.6 Å². The fourth-order valence-corrected chi connectivity index (χ4v) is 7.76. The molecule has 1 nitrogen and oxygen atoms in total. The highest BCUT2D eigenvalue weighted by Gasteiger charge is 2.23. The van der Waals surface area contributed by atoms with Crippen molar-refractivity contribution in [2.45, 2.75) is 0 Å². The number of thiophene rings is 1. The molecule has 9 aromatic rings. The highest BCUT2D eigenvalue weighted by Crippen LogP contribution is 2.49. The molecule has 0 bridgehead atoms. The van der Waals surface area contributed by atoms with Gasteiger partial charge in [-0.2, -0.15) is 0 Å². The van der Waals surface area contributed by atoms with Gasteiger partial charge in [0.05, 0.1) is 11.0 Å². The molecule has 2 heteroatoms. The summed E-state index contributed by atoms with van der Waals surface area (Å²) in [6.07, 6.45) is 0. The second-order valence-electron chi connectivity index (χ2n) is 10.1. The van der Waals surface area contributed by atoms with E-state index in [9.17, 15) is 0 Å². The van der Waals surface area contributed by atoms with Gasteiger partial charge in [0.15, 0.2) is 0 Å². The van der Waals surface area contributed by atoms with Crippen LogP contribution in [0, 0.1) is 0 Å². The van der Waals surface area contributed by atoms with Crippen LogP contribution < -0.4 is 0 Å². The molecule has 9 rings (SSSR count). The van der Waals surface area contributed by atoms with Crippen LogP contribution in [0.25, 0.3) is 80.0 Å². The Balaban J connectivity index is 1.65. The number of hydrogen-bond acceptors (Lipinski definition) is 1. The van der Waals surface area contributed by atoms with E-state index in [2.05, 4.69) is 132 Å². The van der Waals surface area contributed by atoms with Crippen molar-refractivity contribution in [3.8, 4) is 5.69 Å². The number of fused-ring (bicyclic) bond motifs is 13. The molecular formula is C36H21NS. The molecule has 0 N–H and O–H groups in total. The van der Waals surface area contributed by atoms with Crippen LogP contribution in [0.1, 0.15) is 0 Å². The average Bonchev–Trinajstić information content (AvgIpc) is 3.54. The predicted octanol–water partition coefficient (Wildman–Crippen LogP) is 10.6. The van der Waals surface area contributed by atoms with Gasteiger partial charge in [-0.25, -0.2) is 0 Å². The van der Waals surface area contributed by atoms with Crippen LogP contribution >= 0.6 is 11.3 Å². The van der Waals surface area contributed by atoms with E-state index in [1.807, 2.05) is 11.3 Å². The third kappa shape index (κ3) is 2.60. The summed E-state index contributed by atoms with van der Waals surface area (Å²) in [5, 5.41) is 13.1. The highest BCUT2D eigenvalue weighted by atomic mass is 32.1. The van der Waals surface area contributed by atoms with Crippen molar-refractivity contribution in [3.05, 3.63) is 127 Å². The van der Waals surface area contributed by atoms with Crippen molar-refractivity contribution in [1.82, 2.24) is 4.57 Å². The zero-order valence-electron chi connectivity index (χ0n) is 20.5. The van der Waals surface area contributed by atoms with Gasteiger partial charge >= 0.3 is 0 Å². The summed E-state index contributed by atoms with van der Waals surface area (Å²) < 4.78 is 5.22. The van der Waals surface area contributed by atoms with Crippen molar-refractivity contribution in [3.63, 3.8) is 0 Å². The summed E-state index contributed by atoms with van der Waals surface area (Å²) >= 11 is 1.91. The predicted molar refractivity (Wildman–Crippen MR) is 166 cm³/mol. The molecule has 0 fully saturated rings. The molecule has 0 spiro atoms. The maximum atomic E-state index is 2.53. The molecule has 0 atom stereocenters. The summed E-state index contributed by atoms with van der Waals surface area (Å²) in [6, 6.07) is 46.8. The zero-order valence-corrected chi connectivity index (χ0v) is 21.3. The Kier molecular flexibility index (Phi) is 3.99. The minimum absolute atomic E-state index is 1.20. The molecule has 176 valence electrons. The Labute approximate surface area is 222 Å². The topological polar surface area (TPSA) is 4.93 Å². The molecule has 2 aromatic heterocycles. The second kappa shape index (κ2) is 7.44. The van der Waals surface area contributed by atoms with E-state index in [0.717, 1.165) is 0 Å². The van der Waals surface area contributed by atoms with E-state index >= 15 is 0 Å². The maximum Gasteiger partial charge on any atom is 0.0640 e. The van der Waals surface area contributed by atoms with Gasteiger partial charge in [0.2, 0.25) is 0 Å². The van der Waals surface area contributed by atoms with E-state index in [1.165, 1.54) is 80.0 Å². The summed E-state index contributed by atoms with van der Waals surface area (Å²) in [5.41, 5.74) is 3.76. The smallest absolute Gasteiger partial charge is 0.0640 e. The monoisotopic (exact) mass is 499 g/mol. The molecule has 0 aliphatic heterocycles. The molecule has 0 radical (unpaired) electrons. The van der Waals surface area contributed by atoms with Crippen LogP contribution in [0.2, 0.25) is 0 Å². The molecule has 0 saturated heterocycles. The summed E-state index contributed by atoms with van der Waals surface area (Å²) in [4.78, 5) is 0. The fourth-order valence-electron chi connectivity index (χ4n) is 6.51. The molecular weight excluding hydrogens is 478 g/mol. The number of aromatic nitrogens is 1. The van der Waals surface area contributed by atoms with E-state index in [-0.39, 0.29) is 0 Å². The lowest BCUT2D eigenvalue weighted by molar-refractivity contribution is 1.19. The van der Waals surface area contributed by atoms with Gasteiger partial charge in [-0.05, 0) is 51.2 Å². The van der Waals surface area contributed by atoms with E-state index in [0.29, 0.717) is 0 Å². The van der Waals surface area contributed by atoms with Crippen molar-refractivity contribution in [2.75, 3.05) is 0 Å². The van der Waals surface area contributed by atoms with Crippen LogP contribution in [-0.4, -0.2) is 4.57 Å². The van der Waals surface area contributed by atoms with Crippen molar-refractivity contribution < 1.29 is 0 Å². The molecule has 2 heterocycles. The van der Waals surface area contributed by atoms with Crippen molar-refractivity contribution in [2.24, 2.45) is 0 Å². The van der Waals surface area contributed by atoms with Crippen LogP contribution in [0.4, 0.5) is 0 Å². The second-order valence-corrected chi connectivity index (χ2v) is 11.2. The maximum absolute atomic E-state index is 2.53. The summed E-state index contributed by atoms with van der Waals surface area (Å²) in [5.74, 6) is 0. The summed E-state index contributed by atoms with van der Waals surface area (Å²) in [6.45, 7) is 0. The quantitative estimate of drug-likeness (QED) is 0.212. The number of benzene rings is 7. The Morgan fingerprint density at radius 1 is 0.447 bits per heavy atom. The van der Waals surface area contributed by atoms with Crippen LogP contribution in [0.15, 0.2) is 127 Å². The minimum atomic E-state index is 1.20. The first-order chi connectivity index (χ1) is 18.9. The molecule has 38 heavy (non-hydrogen) atoms. The van der Waals surface area contributed by atoms with E-state index in [1.54, 1.807) is 0 Å². The molecule has 0 saturated carbocycles. The van der Waals surface area contributed by atoms with Gasteiger partial charge in [0, 0.05) is 42.0 Å². The van der Waals surface area contributed by atoms with Gasteiger partial charge in [-0.1, -0.05) is 103 Å². The van der Waals surface area contributed by atoms with Crippen LogP contribution in [0.5, 0.6) is 0 Å². The minimum Gasteiger partial charge on any atom is -0.308 e. The third-order valence-corrected chi connectivity index (χ3v) is 9.33. The van der Waals surface area contributed by atoms with Crippen LogP contribution in [-0.2, 0) is 0 Å². The highest BCUT2D eigenvalue weighted by molar-refractivity contribution is 7.27. The summed E-state index contributed by atoms with van der Waals surface area (Å²) in [7, 11) is 0. The first-order valence-electron chi connectivity index (χ1n) is 13.0. The van der Waals surface area contributed by atoms with Gasteiger partial charge in [0.25, 0.3) is 0 Å². The first-order valence-corrected chi connectivity index (χ1v) is 13.9. The fraction of sp³-hybridized carbons (Fsp3) is 0. The number of nitrogens with zero attached hydrogens (tertiary/aromatic N) is 1. The van der Waals surface area contributed by atoms with E-state index in [4.69, 9.17) is 0 Å². The number of hydrogen-bond donors (Lipinski definition) is 0. The Bertz CT molecular complexity index is 2400. The Morgan fingerprint density at radius 3 is 1.97 bits per heavy atom. The van der Waals surface area contributed by atoms with Gasteiger partial charge in [-0.15, -0.1) is 11.3 Å². The zero-order chi connectivity index (χ0) is 24.8. The standard InChI is InChI=1S/C36H21NS/c1-2-11-24-21-25(19-17-22(24)9-1)37-30-20-18-23-10-3-4-12-26(23)32(30)33-27-13-5-6-14-28(27)36-34(35(33)37)29-15-7-8-16-31(29)38-36/h1-21H. The average molecular weight is 500 g/mol. The third-order valence-electron chi connectivity index (χ3n) is 8.12. The molecule has 0 amide bonds. The first kappa shape index (κ1) is 20.4. The Hall–Kier alpha value is -4.66. The Morgan fingerprint density at radius 2 is 1.11 bits per heavy atom. The van der Waals surface area contributed by atoms with Crippen LogP contribution in [0.3, 0.4) is 0 Å². The lowest BCUT2D eigenvalue weighted by Gasteiger charge is -2.11. The van der Waals surface area contributed by atoms with E-state index < -0.39 is 0 Å². The molecule has 0 aliphatic carbocycles. The SMILES string of the molecule is c1ccc2cc(-n3c4ccc5ccccc5c4c4c5ccccc5c5sc6ccccc6c5c43)ccc2c1. The lowest BCUT2D eigenvalue weighted by Crippen LogP contribution is -1.94. The molecule has 0 unspecified atom stereocenters. The van der Waals surface area contributed by atoms with Gasteiger partial charge in [-0.3, -0.25) is 0 Å². The largest absolute Gasteiger partial charge is 0.308 e. The van der Waals surface area contributed by atoms with Gasteiger partial charge in [0.1, 0.15) is 0 Å². The van der Waals surface area contributed by atoms with Gasteiger partial charge < -0.3 is 4.57 Å². The lowest BCUT2D eigenvalue weighted by atomic mass is 9.97. The number of rotatable bonds is 1. The molecule has 7 aromatic carbocycles. The normalized spacial score (nSPS) is 12.2. The van der Waals surface area contributed by atoms with Crippen molar-refractivity contribution in [1.29, 1.82) is 0 Å².